The summed E-state index contributed by atoms with van der Waals surface area (Å²) in [6.45, 7) is 3.65. The van der Waals surface area contributed by atoms with Gasteiger partial charge in [-0.15, -0.1) is 0 Å². The number of nitrogens with zero attached hydrogens (tertiary/aromatic N) is 1. The number of halogens is 1. The quantitative estimate of drug-likeness (QED) is 0.500. The van der Waals surface area contributed by atoms with Gasteiger partial charge >= 0.3 is 5.97 Å². The Morgan fingerprint density at radius 2 is 2.19 bits per heavy atom. The van der Waals surface area contributed by atoms with E-state index in [-0.39, 0.29) is 5.71 Å². The molecule has 0 fully saturated rings. The summed E-state index contributed by atoms with van der Waals surface area (Å²) < 4.78 is 4.78. The molecule has 0 aliphatic carbocycles. The van der Waals surface area contributed by atoms with Crippen LogP contribution in [0.4, 0.5) is 5.69 Å². The van der Waals surface area contributed by atoms with Crippen LogP contribution in [0.2, 0.25) is 5.02 Å². The lowest BCUT2D eigenvalue weighted by atomic mass is 10.3. The lowest BCUT2D eigenvalue weighted by molar-refractivity contribution is -0.135. The molecule has 0 aliphatic rings. The van der Waals surface area contributed by atoms with Gasteiger partial charge in [-0.1, -0.05) is 23.7 Å². The van der Waals surface area contributed by atoms with E-state index in [1.807, 2.05) is 12.1 Å². The fraction of sp³-hybridized carbons (Fsp3) is 0.273. The molecule has 0 unspecified atom stereocenters. The summed E-state index contributed by atoms with van der Waals surface area (Å²) in [4.78, 5) is 11.2. The van der Waals surface area contributed by atoms with Crippen molar-refractivity contribution in [3.8, 4) is 0 Å². The van der Waals surface area contributed by atoms with E-state index < -0.39 is 5.97 Å². The molecule has 1 N–H and O–H groups in total. The lowest BCUT2D eigenvalue weighted by Gasteiger charge is -2.04. The number of nitrogens with one attached hydrogen (secondary N) is 1. The van der Waals surface area contributed by atoms with Gasteiger partial charge in [-0.3, -0.25) is 5.43 Å². The van der Waals surface area contributed by atoms with Gasteiger partial charge in [0.2, 0.25) is 0 Å². The molecule has 0 bridgehead atoms. The van der Waals surface area contributed by atoms with Crippen molar-refractivity contribution in [3.05, 3.63) is 29.3 Å². The van der Waals surface area contributed by atoms with Gasteiger partial charge < -0.3 is 4.74 Å². The van der Waals surface area contributed by atoms with Crippen LogP contribution in [0.5, 0.6) is 0 Å². The molecule has 0 aromatic heterocycles. The van der Waals surface area contributed by atoms with E-state index in [2.05, 4.69) is 10.5 Å². The summed E-state index contributed by atoms with van der Waals surface area (Å²) in [5.74, 6) is -0.443. The topological polar surface area (TPSA) is 50.7 Å². The van der Waals surface area contributed by atoms with E-state index in [0.717, 1.165) is 0 Å². The molecule has 0 saturated heterocycles. The smallest absolute Gasteiger partial charge is 0.354 e. The zero-order chi connectivity index (χ0) is 12.0. The van der Waals surface area contributed by atoms with Gasteiger partial charge in [-0.05, 0) is 26.0 Å². The summed E-state index contributed by atoms with van der Waals surface area (Å²) in [7, 11) is 0. The molecule has 0 saturated carbocycles. The predicted molar refractivity (Wildman–Crippen MR) is 64.8 cm³/mol. The Kier molecular flexibility index (Phi) is 4.79. The maximum Gasteiger partial charge on any atom is 0.354 e. The van der Waals surface area contributed by atoms with E-state index in [4.69, 9.17) is 16.3 Å². The zero-order valence-corrected chi connectivity index (χ0v) is 9.91. The van der Waals surface area contributed by atoms with Gasteiger partial charge in [0, 0.05) is 0 Å². The number of ether oxygens (including phenoxy) is 1. The number of hydrogen-bond acceptors (Lipinski definition) is 4. The molecular weight excluding hydrogens is 228 g/mol. The first-order valence-corrected chi connectivity index (χ1v) is 5.25. The number of esters is 1. The van der Waals surface area contributed by atoms with Crippen LogP contribution < -0.4 is 5.43 Å². The van der Waals surface area contributed by atoms with Crippen LogP contribution in [-0.4, -0.2) is 18.3 Å². The second kappa shape index (κ2) is 6.12. The minimum Gasteiger partial charge on any atom is -0.461 e. The maximum atomic E-state index is 11.2. The highest BCUT2D eigenvalue weighted by molar-refractivity contribution is 6.36. The summed E-state index contributed by atoms with van der Waals surface area (Å²) in [5.41, 5.74) is 3.60. The van der Waals surface area contributed by atoms with Gasteiger partial charge in [-0.25, -0.2) is 4.79 Å². The molecule has 16 heavy (non-hydrogen) atoms. The van der Waals surface area contributed by atoms with Crippen LogP contribution >= 0.6 is 11.6 Å². The zero-order valence-electron chi connectivity index (χ0n) is 9.16. The van der Waals surface area contributed by atoms with Gasteiger partial charge in [0.15, 0.2) is 0 Å². The van der Waals surface area contributed by atoms with Gasteiger partial charge in [0.25, 0.3) is 0 Å². The standard InChI is InChI=1S/C11H13ClN2O2/c1-3-16-11(15)8(2)13-14-10-7-5-4-6-9(10)12/h4-7,14H,3H2,1-2H3/b13-8+. The number of hydrazone groups is 1. The average molecular weight is 241 g/mol. The molecule has 5 heteroatoms. The third-order valence-corrected chi connectivity index (χ3v) is 2.12. The van der Waals surface area contributed by atoms with Crippen LogP contribution in [0.3, 0.4) is 0 Å². The van der Waals surface area contributed by atoms with E-state index in [9.17, 15) is 4.79 Å². The van der Waals surface area contributed by atoms with Crippen molar-refractivity contribution in [2.45, 2.75) is 13.8 Å². The number of anilines is 1. The highest BCUT2D eigenvalue weighted by Gasteiger charge is 2.06. The molecule has 0 aliphatic heterocycles. The number of para-hydroxylation sites is 1. The maximum absolute atomic E-state index is 11.2. The lowest BCUT2D eigenvalue weighted by Crippen LogP contribution is -2.15. The molecule has 1 aromatic rings. The number of benzene rings is 1. The number of carbonyl (C=O) groups is 1. The summed E-state index contributed by atoms with van der Waals surface area (Å²) in [5, 5.41) is 4.43. The Morgan fingerprint density at radius 1 is 1.50 bits per heavy atom. The Hall–Kier alpha value is -1.55. The highest BCUT2D eigenvalue weighted by Crippen LogP contribution is 2.20. The number of hydrogen-bond donors (Lipinski definition) is 1. The molecule has 1 aromatic carbocycles. The Bertz CT molecular complexity index is 405. The third kappa shape index (κ3) is 3.55. The minimum atomic E-state index is -0.443. The fourth-order valence-electron chi connectivity index (χ4n) is 0.977. The monoisotopic (exact) mass is 240 g/mol. The van der Waals surface area contributed by atoms with Crippen LogP contribution in [0.15, 0.2) is 29.4 Å². The van der Waals surface area contributed by atoms with E-state index >= 15 is 0 Å². The first-order valence-electron chi connectivity index (χ1n) is 4.87. The summed E-state index contributed by atoms with van der Waals surface area (Å²) in [6, 6.07) is 7.14. The van der Waals surface area contributed by atoms with Crippen molar-refractivity contribution >= 4 is 29.0 Å². The molecular formula is C11H13ClN2O2. The van der Waals surface area contributed by atoms with Crippen molar-refractivity contribution in [2.24, 2.45) is 5.10 Å². The van der Waals surface area contributed by atoms with Gasteiger partial charge in [-0.2, -0.15) is 5.10 Å². The largest absolute Gasteiger partial charge is 0.461 e. The predicted octanol–water partition coefficient (Wildman–Crippen LogP) is 2.69. The minimum absolute atomic E-state index is 0.252. The SMILES string of the molecule is CCOC(=O)/C(C)=N/Nc1ccccc1Cl. The second-order valence-corrected chi connectivity index (χ2v) is 3.42. The molecule has 1 rings (SSSR count). The fourth-order valence-corrected chi connectivity index (χ4v) is 1.16. The van der Waals surface area contributed by atoms with Crippen molar-refractivity contribution in [1.29, 1.82) is 0 Å². The number of carbonyl (C=O) groups excluding carboxylic acids is 1. The number of rotatable bonds is 4. The van der Waals surface area contributed by atoms with Gasteiger partial charge in [0.1, 0.15) is 5.71 Å². The van der Waals surface area contributed by atoms with Crippen molar-refractivity contribution in [2.75, 3.05) is 12.0 Å². The van der Waals surface area contributed by atoms with E-state index in [1.165, 1.54) is 0 Å². The normalized spacial score (nSPS) is 11.1. The summed E-state index contributed by atoms with van der Waals surface area (Å²) >= 11 is 5.90. The Morgan fingerprint density at radius 3 is 2.81 bits per heavy atom. The second-order valence-electron chi connectivity index (χ2n) is 3.01. The van der Waals surface area contributed by atoms with Crippen LogP contribution in [0.1, 0.15) is 13.8 Å². The van der Waals surface area contributed by atoms with Crippen LogP contribution in [0, 0.1) is 0 Å². The first kappa shape index (κ1) is 12.5. The average Bonchev–Trinajstić information content (AvgIpc) is 2.28. The molecule has 0 heterocycles. The molecule has 0 amide bonds. The molecule has 86 valence electrons. The Labute approximate surface area is 99.2 Å². The van der Waals surface area contributed by atoms with Crippen LogP contribution in [-0.2, 0) is 9.53 Å². The molecule has 4 nitrogen and oxygen atoms in total. The van der Waals surface area contributed by atoms with E-state index in [1.54, 1.807) is 26.0 Å². The van der Waals surface area contributed by atoms with Crippen molar-refractivity contribution in [1.82, 2.24) is 0 Å². The van der Waals surface area contributed by atoms with Crippen molar-refractivity contribution < 1.29 is 9.53 Å². The molecule has 0 spiro atoms. The van der Waals surface area contributed by atoms with Crippen LogP contribution in [0.25, 0.3) is 0 Å². The Balaban J connectivity index is 2.66. The molecule has 0 atom stereocenters. The molecule has 0 radical (unpaired) electrons. The summed E-state index contributed by atoms with van der Waals surface area (Å²) in [6.07, 6.45) is 0. The van der Waals surface area contributed by atoms with Gasteiger partial charge in [0.05, 0.1) is 17.3 Å². The highest BCUT2D eigenvalue weighted by atomic mass is 35.5. The third-order valence-electron chi connectivity index (χ3n) is 1.79. The first-order chi connectivity index (χ1) is 7.65. The van der Waals surface area contributed by atoms with E-state index in [0.29, 0.717) is 17.3 Å². The van der Waals surface area contributed by atoms with Crippen molar-refractivity contribution in [3.63, 3.8) is 0 Å².